The molecule has 0 unspecified atom stereocenters. The number of hydrogen-bond acceptors (Lipinski definition) is 5. The van der Waals surface area contributed by atoms with E-state index in [1.165, 1.54) is 24.4 Å². The van der Waals surface area contributed by atoms with Crippen molar-refractivity contribution in [2.75, 3.05) is 31.1 Å². The minimum Gasteiger partial charge on any atom is -0.367 e. The minimum absolute atomic E-state index is 0.0274. The van der Waals surface area contributed by atoms with Crippen molar-refractivity contribution in [1.82, 2.24) is 15.2 Å². The van der Waals surface area contributed by atoms with E-state index in [4.69, 9.17) is 0 Å². The molecule has 1 aromatic heterocycles. The predicted octanol–water partition coefficient (Wildman–Crippen LogP) is 3.87. The fourth-order valence-corrected chi connectivity index (χ4v) is 3.86. The quantitative estimate of drug-likeness (QED) is 0.508. The first-order valence-corrected chi connectivity index (χ1v) is 10.0. The summed E-state index contributed by atoms with van der Waals surface area (Å²) in [5.74, 6) is -0.312. The van der Waals surface area contributed by atoms with Gasteiger partial charge in [-0.1, -0.05) is 12.1 Å². The zero-order valence-electron chi connectivity index (χ0n) is 17.0. The Kier molecular flexibility index (Phi) is 5.66. The molecule has 0 bridgehead atoms. The van der Waals surface area contributed by atoms with Crippen molar-refractivity contribution in [2.24, 2.45) is 0 Å². The van der Waals surface area contributed by atoms with E-state index in [1.807, 2.05) is 6.92 Å². The van der Waals surface area contributed by atoms with E-state index in [2.05, 4.69) is 15.2 Å². The summed E-state index contributed by atoms with van der Waals surface area (Å²) in [6.45, 7) is 4.11. The van der Waals surface area contributed by atoms with Crippen LogP contribution in [0.5, 0.6) is 0 Å². The van der Waals surface area contributed by atoms with Gasteiger partial charge in [0.1, 0.15) is 5.82 Å². The number of fused-ring (bicyclic) bond motifs is 1. The molecule has 9 heteroatoms. The molecule has 2 aromatic carbocycles. The standard InChI is InChI=1S/C22H22FN5O3/c1-15(16-2-4-17(23)5-3-16)25-22(29)27-12-10-26(11-13-27)20-6-7-21(28(30)31)19-14-24-9-8-18(19)20/h2-9,14-15H,10-13H2,1H3,(H,25,29)/t15-/m1/s1. The molecule has 0 aliphatic carbocycles. The van der Waals surface area contributed by atoms with Gasteiger partial charge >= 0.3 is 6.03 Å². The summed E-state index contributed by atoms with van der Waals surface area (Å²) < 4.78 is 13.1. The summed E-state index contributed by atoms with van der Waals surface area (Å²) in [7, 11) is 0. The fraction of sp³-hybridized carbons (Fsp3) is 0.273. The lowest BCUT2D eigenvalue weighted by Crippen LogP contribution is -2.52. The molecule has 1 saturated heterocycles. The first-order chi connectivity index (χ1) is 14.9. The highest BCUT2D eigenvalue weighted by atomic mass is 19.1. The van der Waals surface area contributed by atoms with E-state index in [1.54, 1.807) is 35.4 Å². The van der Waals surface area contributed by atoms with Gasteiger partial charge in [-0.3, -0.25) is 15.1 Å². The summed E-state index contributed by atoms with van der Waals surface area (Å²) in [5.41, 5.74) is 1.75. The number of amides is 2. The molecule has 0 radical (unpaired) electrons. The summed E-state index contributed by atoms with van der Waals surface area (Å²) >= 11 is 0. The van der Waals surface area contributed by atoms with Gasteiger partial charge in [-0.05, 0) is 36.8 Å². The monoisotopic (exact) mass is 423 g/mol. The van der Waals surface area contributed by atoms with E-state index in [0.29, 0.717) is 31.6 Å². The SMILES string of the molecule is C[C@@H](NC(=O)N1CCN(c2ccc([N+](=O)[O-])c3cnccc23)CC1)c1ccc(F)cc1. The van der Waals surface area contributed by atoms with E-state index >= 15 is 0 Å². The normalized spacial score (nSPS) is 15.0. The molecule has 1 fully saturated rings. The van der Waals surface area contributed by atoms with Gasteiger partial charge in [0.15, 0.2) is 0 Å². The van der Waals surface area contributed by atoms with Crippen LogP contribution in [0.1, 0.15) is 18.5 Å². The Morgan fingerprint density at radius 1 is 1.10 bits per heavy atom. The Morgan fingerprint density at radius 3 is 2.48 bits per heavy atom. The van der Waals surface area contributed by atoms with Gasteiger partial charge in [0, 0.05) is 55.7 Å². The van der Waals surface area contributed by atoms with Crippen LogP contribution in [-0.4, -0.2) is 47.0 Å². The summed E-state index contributed by atoms with van der Waals surface area (Å²) in [4.78, 5) is 31.5. The number of carbonyl (C=O) groups excluding carboxylic acids is 1. The van der Waals surface area contributed by atoms with Crippen LogP contribution in [0.15, 0.2) is 54.9 Å². The molecule has 1 aliphatic rings. The van der Waals surface area contributed by atoms with Crippen molar-refractivity contribution in [3.63, 3.8) is 0 Å². The smallest absolute Gasteiger partial charge is 0.317 e. The Balaban J connectivity index is 1.43. The van der Waals surface area contributed by atoms with Gasteiger partial charge in [0.05, 0.1) is 16.4 Å². The Labute approximate surface area is 178 Å². The molecule has 160 valence electrons. The van der Waals surface area contributed by atoms with Gasteiger partial charge in [-0.25, -0.2) is 9.18 Å². The van der Waals surface area contributed by atoms with Crippen molar-refractivity contribution in [1.29, 1.82) is 0 Å². The van der Waals surface area contributed by atoms with Crippen molar-refractivity contribution in [3.05, 3.63) is 76.4 Å². The maximum atomic E-state index is 13.1. The van der Waals surface area contributed by atoms with Gasteiger partial charge in [-0.15, -0.1) is 0 Å². The lowest BCUT2D eigenvalue weighted by molar-refractivity contribution is -0.383. The third-order valence-corrected chi connectivity index (χ3v) is 5.59. The molecule has 2 heterocycles. The summed E-state index contributed by atoms with van der Waals surface area (Å²) in [6, 6.07) is 10.7. The van der Waals surface area contributed by atoms with Crippen LogP contribution in [0, 0.1) is 15.9 Å². The Hall–Kier alpha value is -3.75. The van der Waals surface area contributed by atoms with Crippen LogP contribution >= 0.6 is 0 Å². The average molecular weight is 423 g/mol. The molecule has 3 aromatic rings. The number of rotatable bonds is 4. The van der Waals surface area contributed by atoms with Crippen molar-refractivity contribution < 1.29 is 14.1 Å². The minimum atomic E-state index is -0.404. The van der Waals surface area contributed by atoms with Crippen molar-refractivity contribution in [3.8, 4) is 0 Å². The molecule has 1 aliphatic heterocycles. The van der Waals surface area contributed by atoms with E-state index in [9.17, 15) is 19.3 Å². The van der Waals surface area contributed by atoms with Gasteiger partial charge in [0.2, 0.25) is 0 Å². The van der Waals surface area contributed by atoms with Gasteiger partial charge < -0.3 is 15.1 Å². The molecule has 0 saturated carbocycles. The second-order valence-corrected chi connectivity index (χ2v) is 7.48. The largest absolute Gasteiger partial charge is 0.367 e. The van der Waals surface area contributed by atoms with Gasteiger partial charge in [0.25, 0.3) is 5.69 Å². The Bertz CT molecular complexity index is 1110. The van der Waals surface area contributed by atoms with Crippen molar-refractivity contribution in [2.45, 2.75) is 13.0 Å². The number of urea groups is 1. The number of carbonyl (C=O) groups is 1. The molecule has 0 spiro atoms. The number of anilines is 1. The number of piperazine rings is 1. The number of hydrogen-bond donors (Lipinski definition) is 1. The second kappa shape index (κ2) is 8.55. The molecule has 4 rings (SSSR count). The first-order valence-electron chi connectivity index (χ1n) is 10.0. The molecule has 2 amide bonds. The van der Waals surface area contributed by atoms with E-state index in [0.717, 1.165) is 16.6 Å². The number of aromatic nitrogens is 1. The number of pyridine rings is 1. The zero-order chi connectivity index (χ0) is 22.0. The molecule has 1 atom stereocenters. The third kappa shape index (κ3) is 4.25. The Morgan fingerprint density at radius 2 is 1.81 bits per heavy atom. The van der Waals surface area contributed by atoms with E-state index < -0.39 is 4.92 Å². The number of non-ortho nitro benzene ring substituents is 1. The predicted molar refractivity (Wildman–Crippen MR) is 116 cm³/mol. The lowest BCUT2D eigenvalue weighted by Gasteiger charge is -2.37. The number of nitro groups is 1. The summed E-state index contributed by atoms with van der Waals surface area (Å²) in [6.07, 6.45) is 3.13. The molecule has 31 heavy (non-hydrogen) atoms. The topological polar surface area (TPSA) is 91.6 Å². The number of nitrogens with one attached hydrogen (secondary N) is 1. The molecule has 1 N–H and O–H groups in total. The van der Waals surface area contributed by atoms with E-state index in [-0.39, 0.29) is 23.6 Å². The van der Waals surface area contributed by atoms with Crippen LogP contribution < -0.4 is 10.2 Å². The highest BCUT2D eigenvalue weighted by Crippen LogP contribution is 2.33. The van der Waals surface area contributed by atoms with Crippen LogP contribution in [-0.2, 0) is 0 Å². The van der Waals surface area contributed by atoms with Crippen LogP contribution in [0.25, 0.3) is 10.8 Å². The number of nitro benzene ring substituents is 1. The van der Waals surface area contributed by atoms with Crippen LogP contribution in [0.4, 0.5) is 20.6 Å². The first kappa shape index (κ1) is 20.5. The maximum Gasteiger partial charge on any atom is 0.317 e. The number of nitrogens with zero attached hydrogens (tertiary/aromatic N) is 4. The van der Waals surface area contributed by atoms with Crippen LogP contribution in [0.2, 0.25) is 0 Å². The molecular weight excluding hydrogens is 401 g/mol. The van der Waals surface area contributed by atoms with Gasteiger partial charge in [-0.2, -0.15) is 0 Å². The molecule has 8 nitrogen and oxygen atoms in total. The lowest BCUT2D eigenvalue weighted by atomic mass is 10.1. The third-order valence-electron chi connectivity index (χ3n) is 5.59. The maximum absolute atomic E-state index is 13.1. The zero-order valence-corrected chi connectivity index (χ0v) is 17.0. The number of benzene rings is 2. The summed E-state index contributed by atoms with van der Waals surface area (Å²) in [5, 5.41) is 15.5. The second-order valence-electron chi connectivity index (χ2n) is 7.48. The highest BCUT2D eigenvalue weighted by molar-refractivity contribution is 5.99. The number of halogens is 1. The van der Waals surface area contributed by atoms with Crippen molar-refractivity contribution >= 4 is 28.2 Å². The highest BCUT2D eigenvalue weighted by Gasteiger charge is 2.25. The fourth-order valence-electron chi connectivity index (χ4n) is 3.86. The average Bonchev–Trinajstić information content (AvgIpc) is 2.78. The van der Waals surface area contributed by atoms with Crippen LogP contribution in [0.3, 0.4) is 0 Å². The molecular formula is C22H22FN5O3.